The Hall–Kier alpha value is -1.80. The Bertz CT molecular complexity index is 1020. The molecule has 1 saturated heterocycles. The Morgan fingerprint density at radius 3 is 2.33 bits per heavy atom. The smallest absolute Gasteiger partial charge is 0.338 e. The highest BCUT2D eigenvalue weighted by molar-refractivity contribution is 7.89. The third-order valence-corrected chi connectivity index (χ3v) is 7.59. The summed E-state index contributed by atoms with van der Waals surface area (Å²) in [6.07, 6.45) is 3.63. The summed E-state index contributed by atoms with van der Waals surface area (Å²) in [5, 5.41) is 0.769. The molecule has 0 amide bonds. The van der Waals surface area contributed by atoms with Gasteiger partial charge < -0.3 is 9.47 Å². The summed E-state index contributed by atoms with van der Waals surface area (Å²) in [6, 6.07) is 9.20. The number of halogens is 2. The molecule has 0 atom stereocenters. The fourth-order valence-corrected chi connectivity index (χ4v) is 5.31. The lowest BCUT2D eigenvalue weighted by atomic mass is 10.2. The van der Waals surface area contributed by atoms with Crippen LogP contribution >= 0.6 is 23.2 Å². The maximum atomic E-state index is 13.2. The van der Waals surface area contributed by atoms with Crippen LogP contribution in [0.25, 0.3) is 0 Å². The molecule has 0 N–H and O–H groups in total. The Kier molecular flexibility index (Phi) is 7.63. The predicted octanol–water partition coefficient (Wildman–Crippen LogP) is 4.92. The van der Waals surface area contributed by atoms with Gasteiger partial charge in [0, 0.05) is 13.1 Å². The topological polar surface area (TPSA) is 72.9 Å². The molecule has 162 valence electrons. The van der Waals surface area contributed by atoms with E-state index in [-0.39, 0.29) is 22.8 Å². The van der Waals surface area contributed by atoms with Crippen LogP contribution in [0.3, 0.4) is 0 Å². The van der Waals surface area contributed by atoms with Crippen LogP contribution in [-0.2, 0) is 21.4 Å². The lowest BCUT2D eigenvalue weighted by Gasteiger charge is -2.21. The summed E-state index contributed by atoms with van der Waals surface area (Å²) in [5.74, 6) is -0.448. The third kappa shape index (κ3) is 5.27. The van der Waals surface area contributed by atoms with Gasteiger partial charge in [-0.2, -0.15) is 4.31 Å². The lowest BCUT2D eigenvalue weighted by Crippen LogP contribution is -2.32. The molecule has 0 saturated carbocycles. The fraction of sp³-hybridized carbons (Fsp3) is 0.381. The van der Waals surface area contributed by atoms with E-state index in [9.17, 15) is 13.2 Å². The molecule has 6 nitrogen and oxygen atoms in total. The van der Waals surface area contributed by atoms with Crippen molar-refractivity contribution in [1.29, 1.82) is 0 Å². The van der Waals surface area contributed by atoms with Gasteiger partial charge in [0.05, 0.1) is 22.7 Å². The summed E-state index contributed by atoms with van der Waals surface area (Å²) in [7, 11) is -2.39. The molecular formula is C21H23Cl2NO5S. The van der Waals surface area contributed by atoms with Crippen molar-refractivity contribution in [3.63, 3.8) is 0 Å². The molecule has 0 bridgehead atoms. The minimum atomic E-state index is -3.79. The number of esters is 1. The molecule has 1 fully saturated rings. The van der Waals surface area contributed by atoms with Crippen LogP contribution in [0.15, 0.2) is 41.3 Å². The standard InChI is InChI=1S/C21H23Cl2NO5S/c1-28-19-9-7-16(21(25)29-14-15-6-8-17(22)18(23)12-15)13-20(19)30(26,27)24-10-4-2-3-5-11-24/h6-9,12-13H,2-5,10-11,14H2,1H3. The van der Waals surface area contributed by atoms with Crippen molar-refractivity contribution in [1.82, 2.24) is 4.31 Å². The highest BCUT2D eigenvalue weighted by Crippen LogP contribution is 2.30. The number of benzene rings is 2. The first-order valence-corrected chi connectivity index (χ1v) is 11.8. The third-order valence-electron chi connectivity index (χ3n) is 4.94. The molecule has 0 unspecified atom stereocenters. The zero-order valence-electron chi connectivity index (χ0n) is 16.6. The summed E-state index contributed by atoms with van der Waals surface area (Å²) >= 11 is 11.9. The number of rotatable bonds is 6. The molecule has 3 rings (SSSR count). The molecule has 1 heterocycles. The average molecular weight is 472 g/mol. The van der Waals surface area contributed by atoms with Gasteiger partial charge in [-0.3, -0.25) is 0 Å². The summed E-state index contributed by atoms with van der Waals surface area (Å²) in [4.78, 5) is 12.5. The minimum absolute atomic E-state index is 0.0179. The van der Waals surface area contributed by atoms with Crippen molar-refractivity contribution in [2.24, 2.45) is 0 Å². The number of nitrogens with zero attached hydrogens (tertiary/aromatic N) is 1. The first-order valence-electron chi connectivity index (χ1n) is 9.62. The Labute approximate surface area is 186 Å². The van der Waals surface area contributed by atoms with Crippen LogP contribution < -0.4 is 4.74 Å². The number of hydrogen-bond donors (Lipinski definition) is 0. The number of ether oxygens (including phenoxy) is 2. The quantitative estimate of drug-likeness (QED) is 0.558. The van der Waals surface area contributed by atoms with Crippen molar-refractivity contribution >= 4 is 39.2 Å². The van der Waals surface area contributed by atoms with Gasteiger partial charge in [-0.1, -0.05) is 42.1 Å². The van der Waals surface area contributed by atoms with Crippen molar-refractivity contribution in [2.45, 2.75) is 37.2 Å². The number of hydrogen-bond acceptors (Lipinski definition) is 5. The van der Waals surface area contributed by atoms with Gasteiger partial charge in [-0.15, -0.1) is 0 Å². The van der Waals surface area contributed by atoms with E-state index >= 15 is 0 Å². The molecule has 0 radical (unpaired) electrons. The van der Waals surface area contributed by atoms with Crippen LogP contribution in [-0.4, -0.2) is 38.9 Å². The van der Waals surface area contributed by atoms with Crippen LogP contribution in [0.4, 0.5) is 0 Å². The largest absolute Gasteiger partial charge is 0.495 e. The van der Waals surface area contributed by atoms with Crippen LogP contribution in [0, 0.1) is 0 Å². The second kappa shape index (κ2) is 10.0. The van der Waals surface area contributed by atoms with Gasteiger partial charge in [-0.05, 0) is 48.7 Å². The molecule has 30 heavy (non-hydrogen) atoms. The number of methoxy groups -OCH3 is 1. The van der Waals surface area contributed by atoms with Crippen LogP contribution in [0.1, 0.15) is 41.6 Å². The van der Waals surface area contributed by atoms with Gasteiger partial charge in [0.25, 0.3) is 0 Å². The SMILES string of the molecule is COc1ccc(C(=O)OCc2ccc(Cl)c(Cl)c2)cc1S(=O)(=O)N1CCCCCC1. The first kappa shape index (κ1) is 22.9. The van der Waals surface area contributed by atoms with Gasteiger partial charge in [0.15, 0.2) is 0 Å². The molecule has 1 aliphatic rings. The van der Waals surface area contributed by atoms with E-state index in [4.69, 9.17) is 32.7 Å². The monoisotopic (exact) mass is 471 g/mol. The second-order valence-corrected chi connectivity index (χ2v) is 9.73. The van der Waals surface area contributed by atoms with Crippen LogP contribution in [0.5, 0.6) is 5.75 Å². The molecule has 2 aromatic carbocycles. The second-order valence-electron chi connectivity index (χ2n) is 7.01. The van der Waals surface area contributed by atoms with E-state index in [2.05, 4.69) is 0 Å². The zero-order valence-corrected chi connectivity index (χ0v) is 18.9. The molecule has 9 heteroatoms. The predicted molar refractivity (Wildman–Crippen MR) is 116 cm³/mol. The number of carbonyl (C=O) groups is 1. The van der Waals surface area contributed by atoms with E-state index in [0.29, 0.717) is 28.7 Å². The zero-order chi connectivity index (χ0) is 21.7. The molecule has 0 spiro atoms. The number of carbonyl (C=O) groups excluding carboxylic acids is 1. The lowest BCUT2D eigenvalue weighted by molar-refractivity contribution is 0.0472. The molecular weight excluding hydrogens is 449 g/mol. The van der Waals surface area contributed by atoms with Gasteiger partial charge in [-0.25, -0.2) is 13.2 Å². The fourth-order valence-electron chi connectivity index (χ4n) is 3.29. The van der Waals surface area contributed by atoms with Gasteiger partial charge >= 0.3 is 5.97 Å². The first-order chi connectivity index (χ1) is 14.3. The van der Waals surface area contributed by atoms with E-state index in [1.807, 2.05) is 0 Å². The van der Waals surface area contributed by atoms with Gasteiger partial charge in [0.1, 0.15) is 17.3 Å². The Balaban J connectivity index is 1.82. The van der Waals surface area contributed by atoms with Crippen LogP contribution in [0.2, 0.25) is 10.0 Å². The van der Waals surface area contributed by atoms with Crippen molar-refractivity contribution in [3.8, 4) is 5.75 Å². The van der Waals surface area contributed by atoms with Crippen molar-refractivity contribution < 1.29 is 22.7 Å². The average Bonchev–Trinajstić information content (AvgIpc) is 3.04. The molecule has 1 aliphatic heterocycles. The summed E-state index contributed by atoms with van der Waals surface area (Å²) < 4.78 is 38.5. The van der Waals surface area contributed by atoms with E-state index < -0.39 is 16.0 Å². The van der Waals surface area contributed by atoms with E-state index in [1.54, 1.807) is 18.2 Å². The highest BCUT2D eigenvalue weighted by atomic mass is 35.5. The maximum absolute atomic E-state index is 13.2. The van der Waals surface area contributed by atoms with E-state index in [1.165, 1.54) is 29.6 Å². The molecule has 0 aromatic heterocycles. The number of sulfonamides is 1. The van der Waals surface area contributed by atoms with Crippen molar-refractivity contribution in [2.75, 3.05) is 20.2 Å². The van der Waals surface area contributed by atoms with Gasteiger partial charge in [0.2, 0.25) is 10.0 Å². The normalized spacial score (nSPS) is 15.4. The minimum Gasteiger partial charge on any atom is -0.495 e. The highest BCUT2D eigenvalue weighted by Gasteiger charge is 2.29. The summed E-state index contributed by atoms with van der Waals surface area (Å²) in [6.45, 7) is 0.894. The molecule has 2 aromatic rings. The Morgan fingerprint density at radius 2 is 1.70 bits per heavy atom. The van der Waals surface area contributed by atoms with E-state index in [0.717, 1.165) is 25.7 Å². The maximum Gasteiger partial charge on any atom is 0.338 e. The molecule has 0 aliphatic carbocycles. The van der Waals surface area contributed by atoms with Crippen molar-refractivity contribution in [3.05, 3.63) is 57.6 Å². The Morgan fingerprint density at radius 1 is 1.00 bits per heavy atom. The summed E-state index contributed by atoms with van der Waals surface area (Å²) in [5.41, 5.74) is 0.799.